The van der Waals surface area contributed by atoms with E-state index in [4.69, 9.17) is 4.74 Å². The molecule has 0 aliphatic carbocycles. The number of ether oxygens (including phenoxy) is 1. The lowest BCUT2D eigenvalue weighted by atomic mass is 10.1. The van der Waals surface area contributed by atoms with E-state index in [1.807, 2.05) is 69.4 Å². The number of carbonyl (C=O) groups is 1. The Bertz CT molecular complexity index is 933. The van der Waals surface area contributed by atoms with Gasteiger partial charge in [-0.2, -0.15) is 0 Å². The summed E-state index contributed by atoms with van der Waals surface area (Å²) in [6.07, 6.45) is 1.89. The van der Waals surface area contributed by atoms with Gasteiger partial charge >= 0.3 is 0 Å². The largest absolute Gasteiger partial charge is 0.372 e. The van der Waals surface area contributed by atoms with Crippen molar-refractivity contribution < 1.29 is 9.53 Å². The molecule has 140 valence electrons. The van der Waals surface area contributed by atoms with Gasteiger partial charge in [0.1, 0.15) is 5.69 Å². The van der Waals surface area contributed by atoms with E-state index in [2.05, 4.69) is 15.6 Å². The summed E-state index contributed by atoms with van der Waals surface area (Å²) in [4.78, 5) is 12.5. The number of aryl methyl sites for hydroxylation is 1. The summed E-state index contributed by atoms with van der Waals surface area (Å²) in [5.74, 6) is -0.135. The number of nitrogens with zero attached hydrogens (tertiary/aromatic N) is 3. The lowest BCUT2D eigenvalue weighted by Crippen LogP contribution is -2.12. The molecule has 0 spiro atoms. The molecule has 0 radical (unpaired) electrons. The number of rotatable bonds is 4. The van der Waals surface area contributed by atoms with Crippen LogP contribution in [0.15, 0.2) is 48.7 Å². The molecule has 0 saturated heterocycles. The molecule has 1 aliphatic rings. The van der Waals surface area contributed by atoms with E-state index in [0.717, 1.165) is 34.6 Å². The number of benzene rings is 2. The molecule has 0 fully saturated rings. The minimum absolute atomic E-state index is 0.135. The number of hydrogen-bond donors (Lipinski definition) is 1. The van der Waals surface area contributed by atoms with Crippen LogP contribution >= 0.6 is 0 Å². The zero-order valence-electron chi connectivity index (χ0n) is 15.9. The smallest absolute Gasteiger partial charge is 0.255 e. The average Bonchev–Trinajstić information content (AvgIpc) is 3.38. The maximum absolute atomic E-state index is 12.5. The molecular formula is C21H24N4O2. The molecule has 1 aliphatic heterocycles. The number of nitrogens with one attached hydrogen (secondary N) is 1. The maximum atomic E-state index is 12.5. The van der Waals surface area contributed by atoms with Gasteiger partial charge in [0.05, 0.1) is 19.4 Å². The van der Waals surface area contributed by atoms with E-state index in [9.17, 15) is 4.79 Å². The average molecular weight is 364 g/mol. The molecule has 4 rings (SSSR count). The molecule has 1 N–H and O–H groups in total. The molecule has 6 heteroatoms. The molecule has 2 heterocycles. The van der Waals surface area contributed by atoms with Crippen LogP contribution in [-0.2, 0) is 24.5 Å². The molecule has 0 bridgehead atoms. The molecule has 2 aromatic carbocycles. The van der Waals surface area contributed by atoms with E-state index in [0.29, 0.717) is 18.8 Å². The normalized spacial score (nSPS) is 12.1. The third kappa shape index (κ3) is 4.23. The van der Waals surface area contributed by atoms with Crippen molar-refractivity contribution in [1.82, 2.24) is 15.0 Å². The molecule has 1 amide bonds. The first-order valence-electron chi connectivity index (χ1n) is 9.24. The van der Waals surface area contributed by atoms with Crippen molar-refractivity contribution in [3.63, 3.8) is 0 Å². The third-order valence-electron chi connectivity index (χ3n) is 4.26. The maximum Gasteiger partial charge on any atom is 0.255 e. The second-order valence-corrected chi connectivity index (χ2v) is 5.97. The third-order valence-corrected chi connectivity index (χ3v) is 4.26. The monoisotopic (exact) mass is 364 g/mol. The van der Waals surface area contributed by atoms with E-state index in [1.54, 1.807) is 4.68 Å². The first-order valence-corrected chi connectivity index (χ1v) is 9.24. The fraction of sp³-hybridized carbons (Fsp3) is 0.286. The van der Waals surface area contributed by atoms with Crippen LogP contribution in [0.2, 0.25) is 0 Å². The molecule has 27 heavy (non-hydrogen) atoms. The summed E-state index contributed by atoms with van der Waals surface area (Å²) in [6.45, 7) is 7.97. The topological polar surface area (TPSA) is 69.0 Å². The highest BCUT2D eigenvalue weighted by molar-refractivity contribution is 6.04. The Morgan fingerprint density at radius 3 is 2.74 bits per heavy atom. The van der Waals surface area contributed by atoms with Gasteiger partial charge in [-0.3, -0.25) is 9.48 Å². The van der Waals surface area contributed by atoms with Crippen LogP contribution in [0.4, 0.5) is 5.69 Å². The van der Waals surface area contributed by atoms with Crippen molar-refractivity contribution in [3.8, 4) is 11.3 Å². The van der Waals surface area contributed by atoms with Crippen molar-refractivity contribution in [2.24, 2.45) is 0 Å². The van der Waals surface area contributed by atoms with Gasteiger partial charge in [0, 0.05) is 23.4 Å². The summed E-state index contributed by atoms with van der Waals surface area (Å²) in [5.41, 5.74) is 5.29. The van der Waals surface area contributed by atoms with E-state index in [1.165, 1.54) is 0 Å². The van der Waals surface area contributed by atoms with Crippen molar-refractivity contribution in [3.05, 3.63) is 65.4 Å². The summed E-state index contributed by atoms with van der Waals surface area (Å²) < 4.78 is 7.17. The molecule has 3 aromatic rings. The van der Waals surface area contributed by atoms with Gasteiger partial charge < -0.3 is 10.1 Å². The van der Waals surface area contributed by atoms with Crippen LogP contribution < -0.4 is 5.32 Å². The predicted octanol–water partition coefficient (Wildman–Crippen LogP) is 4.27. The standard InChI is InChI=1S/C19H18N4O2.C2H6/c1-2-23-10-18(21-22-23)13-4-3-5-17(9-13)20-19(24)14-6-7-15-11-25-12-16(15)8-14;1-2/h3-10H,2,11-12H2,1H3,(H,20,24);1-2H3. The lowest BCUT2D eigenvalue weighted by Gasteiger charge is -2.07. The molecule has 6 nitrogen and oxygen atoms in total. The van der Waals surface area contributed by atoms with Crippen molar-refractivity contribution in [1.29, 1.82) is 0 Å². The van der Waals surface area contributed by atoms with Crippen LogP contribution in [0, 0.1) is 0 Å². The summed E-state index contributed by atoms with van der Waals surface area (Å²) >= 11 is 0. The van der Waals surface area contributed by atoms with E-state index >= 15 is 0 Å². The first-order chi connectivity index (χ1) is 13.2. The number of carbonyl (C=O) groups excluding carboxylic acids is 1. The fourth-order valence-electron chi connectivity index (χ4n) is 2.86. The number of fused-ring (bicyclic) bond motifs is 1. The van der Waals surface area contributed by atoms with Gasteiger partial charge in [0.15, 0.2) is 0 Å². The van der Waals surface area contributed by atoms with Gasteiger partial charge in [-0.05, 0) is 42.3 Å². The number of amides is 1. The Balaban J connectivity index is 0.00000102. The van der Waals surface area contributed by atoms with Gasteiger partial charge in [0.2, 0.25) is 0 Å². The van der Waals surface area contributed by atoms with Crippen molar-refractivity contribution in [2.75, 3.05) is 5.32 Å². The van der Waals surface area contributed by atoms with Crippen molar-refractivity contribution in [2.45, 2.75) is 40.5 Å². The van der Waals surface area contributed by atoms with Gasteiger partial charge in [-0.15, -0.1) is 5.10 Å². The quantitative estimate of drug-likeness (QED) is 0.750. The van der Waals surface area contributed by atoms with Crippen LogP contribution in [0.1, 0.15) is 42.3 Å². The minimum Gasteiger partial charge on any atom is -0.372 e. The van der Waals surface area contributed by atoms with Crippen LogP contribution in [-0.4, -0.2) is 20.9 Å². The fourth-order valence-corrected chi connectivity index (χ4v) is 2.86. The van der Waals surface area contributed by atoms with Crippen LogP contribution in [0.3, 0.4) is 0 Å². The molecule has 0 unspecified atom stereocenters. The van der Waals surface area contributed by atoms with E-state index < -0.39 is 0 Å². The van der Waals surface area contributed by atoms with Gasteiger partial charge in [0.25, 0.3) is 5.91 Å². The van der Waals surface area contributed by atoms with Crippen LogP contribution in [0.25, 0.3) is 11.3 Å². The van der Waals surface area contributed by atoms with Crippen molar-refractivity contribution >= 4 is 11.6 Å². The Kier molecular flexibility index (Phi) is 5.98. The zero-order chi connectivity index (χ0) is 19.2. The summed E-state index contributed by atoms with van der Waals surface area (Å²) in [5, 5.41) is 11.2. The Morgan fingerprint density at radius 2 is 1.96 bits per heavy atom. The Hall–Kier alpha value is -2.99. The lowest BCUT2D eigenvalue weighted by molar-refractivity contribution is 0.102. The highest BCUT2D eigenvalue weighted by Crippen LogP contribution is 2.23. The summed E-state index contributed by atoms with van der Waals surface area (Å²) in [6, 6.07) is 13.3. The first kappa shape index (κ1) is 18.8. The highest BCUT2D eigenvalue weighted by atomic mass is 16.5. The number of aromatic nitrogens is 3. The SMILES string of the molecule is CC.CCn1cc(-c2cccc(NC(=O)c3ccc4c(c3)COC4)c2)nn1. The van der Waals surface area contributed by atoms with Gasteiger partial charge in [-0.25, -0.2) is 0 Å². The highest BCUT2D eigenvalue weighted by Gasteiger charge is 2.14. The second-order valence-electron chi connectivity index (χ2n) is 5.97. The minimum atomic E-state index is -0.135. The van der Waals surface area contributed by atoms with Gasteiger partial charge in [-0.1, -0.05) is 37.3 Å². The Morgan fingerprint density at radius 1 is 1.15 bits per heavy atom. The second kappa shape index (κ2) is 8.60. The zero-order valence-corrected chi connectivity index (χ0v) is 15.9. The molecule has 0 saturated carbocycles. The number of anilines is 1. The molecule has 0 atom stereocenters. The molecule has 1 aromatic heterocycles. The Labute approximate surface area is 159 Å². The van der Waals surface area contributed by atoms with E-state index in [-0.39, 0.29) is 5.91 Å². The summed E-state index contributed by atoms with van der Waals surface area (Å²) in [7, 11) is 0. The van der Waals surface area contributed by atoms with Crippen LogP contribution in [0.5, 0.6) is 0 Å². The molecular weight excluding hydrogens is 340 g/mol. The number of hydrogen-bond acceptors (Lipinski definition) is 4. The predicted molar refractivity (Wildman–Crippen MR) is 105 cm³/mol.